The number of hydrogen-bond donors (Lipinski definition) is 1. The standard InChI is InChI=1S/C21H22N4O3/c26-20-17-12-24(11-16-6-3-9-28-16)13-18(19(17)22-23-20)21(27)25-8-7-14-4-1-2-5-15(14)10-25/h1-2,4-5,12-13,16H,3,6-11H2,(H,23,26)/t16-/m0/s1. The Morgan fingerprint density at radius 1 is 1.25 bits per heavy atom. The van der Waals surface area contributed by atoms with Crippen molar-refractivity contribution in [2.75, 3.05) is 13.2 Å². The summed E-state index contributed by atoms with van der Waals surface area (Å²) in [5, 5.41) is 6.61. The zero-order chi connectivity index (χ0) is 19.1. The van der Waals surface area contributed by atoms with E-state index in [0.29, 0.717) is 36.5 Å². The number of nitrogens with zero attached hydrogens (tertiary/aromatic N) is 3. The number of benzene rings is 1. The van der Waals surface area contributed by atoms with Crippen LogP contribution in [0.25, 0.3) is 11.3 Å². The van der Waals surface area contributed by atoms with Crippen LogP contribution >= 0.6 is 0 Å². The molecule has 4 aliphatic heterocycles. The lowest BCUT2D eigenvalue weighted by molar-refractivity contribution is 0.0732. The first-order chi connectivity index (χ1) is 13.7. The van der Waals surface area contributed by atoms with Crippen molar-refractivity contribution in [3.05, 3.63) is 63.7 Å². The second-order valence-electron chi connectivity index (χ2n) is 7.56. The van der Waals surface area contributed by atoms with Gasteiger partial charge in [0.15, 0.2) is 0 Å². The summed E-state index contributed by atoms with van der Waals surface area (Å²) < 4.78 is 7.62. The van der Waals surface area contributed by atoms with Gasteiger partial charge in [0, 0.05) is 38.6 Å². The second kappa shape index (κ2) is 6.91. The van der Waals surface area contributed by atoms with E-state index < -0.39 is 0 Å². The van der Waals surface area contributed by atoms with E-state index in [-0.39, 0.29) is 17.6 Å². The molecule has 1 atom stereocenters. The Hall–Kier alpha value is -2.93. The average molecular weight is 378 g/mol. The largest absolute Gasteiger partial charge is 0.376 e. The molecular weight excluding hydrogens is 356 g/mol. The molecule has 0 spiro atoms. The van der Waals surface area contributed by atoms with E-state index in [9.17, 15) is 9.59 Å². The highest BCUT2D eigenvalue weighted by Gasteiger charge is 2.28. The third-order valence-corrected chi connectivity index (χ3v) is 5.70. The highest BCUT2D eigenvalue weighted by atomic mass is 16.5. The van der Waals surface area contributed by atoms with Gasteiger partial charge in [-0.2, -0.15) is 5.10 Å². The Kier molecular flexibility index (Phi) is 4.24. The lowest BCUT2D eigenvalue weighted by atomic mass is 9.99. The predicted octanol–water partition coefficient (Wildman–Crippen LogP) is 2.05. The molecule has 4 heterocycles. The molecule has 7 heteroatoms. The summed E-state index contributed by atoms with van der Waals surface area (Å²) in [7, 11) is 0. The summed E-state index contributed by atoms with van der Waals surface area (Å²) in [5.74, 6) is -0.0901. The van der Waals surface area contributed by atoms with Gasteiger partial charge >= 0.3 is 0 Å². The van der Waals surface area contributed by atoms with Crippen molar-refractivity contribution < 1.29 is 9.53 Å². The number of pyridine rings is 1. The molecule has 0 bridgehead atoms. The summed E-state index contributed by atoms with van der Waals surface area (Å²) in [4.78, 5) is 27.4. The minimum absolute atomic E-state index is 0.0901. The molecule has 1 aromatic rings. The molecule has 28 heavy (non-hydrogen) atoms. The number of carbonyl (C=O) groups is 1. The molecule has 144 valence electrons. The zero-order valence-corrected chi connectivity index (χ0v) is 15.6. The van der Waals surface area contributed by atoms with Crippen LogP contribution in [-0.4, -0.2) is 44.8 Å². The quantitative estimate of drug-likeness (QED) is 0.756. The van der Waals surface area contributed by atoms with Gasteiger partial charge in [-0.25, -0.2) is 5.10 Å². The number of ether oxygens (including phenoxy) is 1. The van der Waals surface area contributed by atoms with Crippen LogP contribution in [0, 0.1) is 0 Å². The van der Waals surface area contributed by atoms with Crippen LogP contribution in [0.2, 0.25) is 0 Å². The Morgan fingerprint density at radius 3 is 2.93 bits per heavy atom. The van der Waals surface area contributed by atoms with E-state index >= 15 is 0 Å². The third kappa shape index (κ3) is 3.01. The Balaban J connectivity index is 1.49. The molecule has 1 amide bonds. The smallest absolute Gasteiger partial charge is 0.275 e. The molecule has 0 aromatic heterocycles. The third-order valence-electron chi connectivity index (χ3n) is 5.70. The number of nitrogens with one attached hydrogen (secondary N) is 1. The topological polar surface area (TPSA) is 80.2 Å². The molecule has 0 saturated carbocycles. The summed E-state index contributed by atoms with van der Waals surface area (Å²) in [6, 6.07) is 8.22. The minimum Gasteiger partial charge on any atom is -0.376 e. The fourth-order valence-electron chi connectivity index (χ4n) is 4.21. The SMILES string of the molecule is O=C(c1cn(C[C@@H]2CCCO2)cc2c(=O)[nH]nc1-2)N1CCc2ccccc2C1. The molecule has 1 fully saturated rings. The van der Waals surface area contributed by atoms with Crippen LogP contribution in [-0.2, 0) is 24.2 Å². The van der Waals surface area contributed by atoms with Crippen molar-refractivity contribution in [2.24, 2.45) is 0 Å². The van der Waals surface area contributed by atoms with Gasteiger partial charge in [-0.3, -0.25) is 9.59 Å². The molecule has 7 nitrogen and oxygen atoms in total. The molecule has 1 aromatic carbocycles. The van der Waals surface area contributed by atoms with E-state index in [1.165, 1.54) is 11.1 Å². The maximum Gasteiger partial charge on any atom is 0.275 e. The van der Waals surface area contributed by atoms with Crippen LogP contribution < -0.4 is 5.56 Å². The van der Waals surface area contributed by atoms with Crippen molar-refractivity contribution in [2.45, 2.75) is 38.5 Å². The highest BCUT2D eigenvalue weighted by molar-refractivity contribution is 6.00. The molecule has 1 N–H and O–H groups in total. The van der Waals surface area contributed by atoms with Gasteiger partial charge in [-0.15, -0.1) is 0 Å². The van der Waals surface area contributed by atoms with Gasteiger partial charge in [0.25, 0.3) is 11.5 Å². The van der Waals surface area contributed by atoms with E-state index in [2.05, 4.69) is 22.3 Å². The predicted molar refractivity (Wildman–Crippen MR) is 103 cm³/mol. The minimum atomic E-state index is -0.269. The fourth-order valence-corrected chi connectivity index (χ4v) is 4.21. The molecule has 5 rings (SSSR count). The van der Waals surface area contributed by atoms with Crippen molar-refractivity contribution >= 4 is 5.91 Å². The summed E-state index contributed by atoms with van der Waals surface area (Å²) in [5.41, 5.74) is 3.55. The number of H-pyrrole nitrogens is 1. The number of rotatable bonds is 3. The monoisotopic (exact) mass is 378 g/mol. The van der Waals surface area contributed by atoms with Gasteiger partial charge in [-0.05, 0) is 30.4 Å². The molecular formula is C21H22N4O3. The Labute approximate surface area is 162 Å². The Morgan fingerprint density at radius 2 is 2.11 bits per heavy atom. The molecule has 1 saturated heterocycles. The maximum atomic E-state index is 13.3. The fraction of sp³-hybridized carbons (Fsp3) is 0.381. The van der Waals surface area contributed by atoms with Gasteiger partial charge in [0.1, 0.15) is 5.69 Å². The van der Waals surface area contributed by atoms with E-state index in [1.807, 2.05) is 27.8 Å². The number of hydrogen-bond acceptors (Lipinski definition) is 4. The second-order valence-corrected chi connectivity index (χ2v) is 7.56. The summed E-state index contributed by atoms with van der Waals surface area (Å²) >= 11 is 0. The van der Waals surface area contributed by atoms with Gasteiger partial charge in [0.2, 0.25) is 0 Å². The van der Waals surface area contributed by atoms with Crippen molar-refractivity contribution in [1.29, 1.82) is 0 Å². The lowest BCUT2D eigenvalue weighted by Crippen LogP contribution is -2.36. The summed E-state index contributed by atoms with van der Waals surface area (Å²) in [6.45, 7) is 2.63. The van der Waals surface area contributed by atoms with E-state index in [4.69, 9.17) is 4.74 Å². The normalized spacial score (nSPS) is 19.1. The van der Waals surface area contributed by atoms with Crippen molar-refractivity contribution in [3.63, 3.8) is 0 Å². The molecule has 4 aliphatic rings. The number of fused-ring (bicyclic) bond motifs is 2. The van der Waals surface area contributed by atoms with E-state index in [1.54, 1.807) is 6.20 Å². The number of aromatic nitrogens is 3. The van der Waals surface area contributed by atoms with E-state index in [0.717, 1.165) is 25.9 Å². The van der Waals surface area contributed by atoms with Crippen LogP contribution in [0.1, 0.15) is 34.3 Å². The van der Waals surface area contributed by atoms with Crippen molar-refractivity contribution in [1.82, 2.24) is 19.7 Å². The maximum absolute atomic E-state index is 13.3. The Bertz CT molecular complexity index is 1050. The number of carbonyl (C=O) groups excluding carboxylic acids is 1. The van der Waals surface area contributed by atoms with Gasteiger partial charge in [-0.1, -0.05) is 24.3 Å². The number of aromatic amines is 1. The van der Waals surface area contributed by atoms with Crippen molar-refractivity contribution in [3.8, 4) is 11.3 Å². The average Bonchev–Trinajstić information content (AvgIpc) is 3.37. The molecule has 0 aliphatic carbocycles. The van der Waals surface area contributed by atoms with Crippen LogP contribution in [0.3, 0.4) is 0 Å². The van der Waals surface area contributed by atoms with Gasteiger partial charge < -0.3 is 14.2 Å². The van der Waals surface area contributed by atoms with Crippen LogP contribution in [0.15, 0.2) is 41.5 Å². The van der Waals surface area contributed by atoms with Gasteiger partial charge in [0.05, 0.1) is 17.2 Å². The summed E-state index contributed by atoms with van der Waals surface area (Å²) in [6.07, 6.45) is 6.58. The molecule has 0 unspecified atom stereocenters. The van der Waals surface area contributed by atoms with Crippen LogP contribution in [0.5, 0.6) is 0 Å². The number of amides is 1. The highest BCUT2D eigenvalue weighted by Crippen LogP contribution is 2.26. The molecule has 0 radical (unpaired) electrons. The lowest BCUT2D eigenvalue weighted by Gasteiger charge is -2.29. The zero-order valence-electron chi connectivity index (χ0n) is 15.6. The first-order valence-electron chi connectivity index (χ1n) is 9.75. The first kappa shape index (κ1) is 17.2. The first-order valence-corrected chi connectivity index (χ1v) is 9.75. The van der Waals surface area contributed by atoms with Crippen LogP contribution in [0.4, 0.5) is 0 Å².